The quantitative estimate of drug-likeness (QED) is 0.538. The molecule has 0 saturated heterocycles. The molecule has 0 spiro atoms. The molecule has 3 N–H and O–H groups in total. The van der Waals surface area contributed by atoms with E-state index in [9.17, 15) is 0 Å². The molecule has 0 bridgehead atoms. The minimum absolute atomic E-state index is 0.738. The van der Waals surface area contributed by atoms with Crippen LogP contribution < -0.4 is 11.3 Å². The van der Waals surface area contributed by atoms with Gasteiger partial charge in [-0.3, -0.25) is 15.7 Å². The summed E-state index contributed by atoms with van der Waals surface area (Å²) in [5.41, 5.74) is 4.68. The number of aromatic nitrogens is 1. The van der Waals surface area contributed by atoms with Gasteiger partial charge < -0.3 is 5.43 Å². The number of nitrogens with one attached hydrogen (secondary N) is 1. The molecular weight excluding hydrogens is 248 g/mol. The van der Waals surface area contributed by atoms with Gasteiger partial charge in [0.25, 0.3) is 0 Å². The van der Waals surface area contributed by atoms with Crippen LogP contribution in [0.3, 0.4) is 0 Å². The maximum atomic E-state index is 5.45. The highest BCUT2D eigenvalue weighted by Gasteiger charge is 2.09. The standard InChI is InChI=1S/C16H30N4/c1-13(2)6-9-20(10-7-14(3)4)12-16-11-15(19-17)5-8-18-16/h5,8,11,13-14H,6-7,9-10,12,17H2,1-4H3,(H,18,19). The van der Waals surface area contributed by atoms with E-state index in [0.717, 1.165) is 42.9 Å². The van der Waals surface area contributed by atoms with Crippen molar-refractivity contribution in [3.63, 3.8) is 0 Å². The maximum absolute atomic E-state index is 5.45. The van der Waals surface area contributed by atoms with Crippen LogP contribution >= 0.6 is 0 Å². The van der Waals surface area contributed by atoms with Gasteiger partial charge in [-0.05, 0) is 49.9 Å². The van der Waals surface area contributed by atoms with Crippen molar-refractivity contribution in [1.82, 2.24) is 9.88 Å². The fraction of sp³-hybridized carbons (Fsp3) is 0.688. The monoisotopic (exact) mass is 278 g/mol. The van der Waals surface area contributed by atoms with E-state index in [2.05, 4.69) is 43.0 Å². The van der Waals surface area contributed by atoms with Gasteiger partial charge in [0.15, 0.2) is 0 Å². The molecule has 114 valence electrons. The second-order valence-corrected chi connectivity index (χ2v) is 6.32. The highest BCUT2D eigenvalue weighted by atomic mass is 15.2. The van der Waals surface area contributed by atoms with Crippen molar-refractivity contribution in [2.75, 3.05) is 18.5 Å². The summed E-state index contributed by atoms with van der Waals surface area (Å²) in [7, 11) is 0. The van der Waals surface area contributed by atoms with E-state index in [1.54, 1.807) is 0 Å². The molecule has 0 fully saturated rings. The number of hydrazine groups is 1. The predicted octanol–water partition coefficient (Wildman–Crippen LogP) is 3.26. The van der Waals surface area contributed by atoms with E-state index in [1.165, 1.54) is 12.8 Å². The van der Waals surface area contributed by atoms with E-state index in [-0.39, 0.29) is 0 Å². The first-order valence-corrected chi connectivity index (χ1v) is 7.65. The predicted molar refractivity (Wildman–Crippen MR) is 86.2 cm³/mol. The van der Waals surface area contributed by atoms with Crippen molar-refractivity contribution in [3.8, 4) is 0 Å². The van der Waals surface area contributed by atoms with Crippen molar-refractivity contribution in [1.29, 1.82) is 0 Å². The fourth-order valence-corrected chi connectivity index (χ4v) is 2.03. The summed E-state index contributed by atoms with van der Waals surface area (Å²) in [6.07, 6.45) is 4.27. The summed E-state index contributed by atoms with van der Waals surface area (Å²) in [6, 6.07) is 3.91. The smallest absolute Gasteiger partial charge is 0.0564 e. The highest BCUT2D eigenvalue weighted by Crippen LogP contribution is 2.12. The maximum Gasteiger partial charge on any atom is 0.0564 e. The van der Waals surface area contributed by atoms with Crippen LogP contribution in [0.5, 0.6) is 0 Å². The largest absolute Gasteiger partial charge is 0.324 e. The van der Waals surface area contributed by atoms with Gasteiger partial charge in [-0.2, -0.15) is 0 Å². The number of rotatable bonds is 9. The second kappa shape index (κ2) is 8.93. The van der Waals surface area contributed by atoms with Gasteiger partial charge in [-0.15, -0.1) is 0 Å². The zero-order valence-corrected chi connectivity index (χ0v) is 13.4. The number of nitrogen functional groups attached to an aromatic ring is 1. The molecule has 4 heteroatoms. The summed E-state index contributed by atoms with van der Waals surface area (Å²) in [6.45, 7) is 12.3. The van der Waals surface area contributed by atoms with E-state index in [4.69, 9.17) is 5.84 Å². The molecule has 1 heterocycles. The lowest BCUT2D eigenvalue weighted by atomic mass is 10.1. The van der Waals surface area contributed by atoms with Crippen LogP contribution in [0, 0.1) is 11.8 Å². The summed E-state index contributed by atoms with van der Waals surface area (Å²) in [4.78, 5) is 6.95. The molecule has 1 rings (SSSR count). The van der Waals surface area contributed by atoms with Gasteiger partial charge in [0.2, 0.25) is 0 Å². The number of anilines is 1. The SMILES string of the molecule is CC(C)CCN(CCC(C)C)Cc1cc(NN)ccn1. The van der Waals surface area contributed by atoms with Crippen LogP contribution in [-0.4, -0.2) is 23.0 Å². The molecule has 0 unspecified atom stereocenters. The summed E-state index contributed by atoms with van der Waals surface area (Å²) >= 11 is 0. The third kappa shape index (κ3) is 6.87. The number of nitrogens with zero attached hydrogens (tertiary/aromatic N) is 2. The Morgan fingerprint density at radius 2 is 1.75 bits per heavy atom. The van der Waals surface area contributed by atoms with E-state index in [1.807, 2.05) is 18.3 Å². The summed E-state index contributed by atoms with van der Waals surface area (Å²) in [5.74, 6) is 6.93. The molecule has 1 aromatic heterocycles. The fourth-order valence-electron chi connectivity index (χ4n) is 2.03. The molecule has 20 heavy (non-hydrogen) atoms. The highest BCUT2D eigenvalue weighted by molar-refractivity contribution is 5.41. The number of pyridine rings is 1. The van der Waals surface area contributed by atoms with Crippen molar-refractivity contribution in [2.45, 2.75) is 47.1 Å². The lowest BCUT2D eigenvalue weighted by Crippen LogP contribution is -2.28. The molecule has 1 aromatic rings. The normalized spacial score (nSPS) is 11.6. The van der Waals surface area contributed by atoms with Crippen LogP contribution in [0.4, 0.5) is 5.69 Å². The molecule has 0 aliphatic heterocycles. The average molecular weight is 278 g/mol. The first-order chi connectivity index (χ1) is 9.51. The molecule has 0 aliphatic carbocycles. The van der Waals surface area contributed by atoms with Crippen LogP contribution in [0.1, 0.15) is 46.2 Å². The molecule has 0 atom stereocenters. The molecule has 0 saturated carbocycles. The average Bonchev–Trinajstić information content (AvgIpc) is 2.41. The zero-order chi connectivity index (χ0) is 15.0. The lowest BCUT2D eigenvalue weighted by Gasteiger charge is -2.24. The molecule has 0 aliphatic rings. The van der Waals surface area contributed by atoms with Crippen LogP contribution in [0.2, 0.25) is 0 Å². The molecular formula is C16H30N4. The third-order valence-corrected chi connectivity index (χ3v) is 3.41. The second-order valence-electron chi connectivity index (χ2n) is 6.32. The van der Waals surface area contributed by atoms with Gasteiger partial charge >= 0.3 is 0 Å². The van der Waals surface area contributed by atoms with Crippen molar-refractivity contribution >= 4 is 5.69 Å². The Morgan fingerprint density at radius 3 is 2.25 bits per heavy atom. The summed E-state index contributed by atoms with van der Waals surface area (Å²) < 4.78 is 0. The minimum atomic E-state index is 0.738. The van der Waals surface area contributed by atoms with Gasteiger partial charge in [0.05, 0.1) is 11.4 Å². The molecule has 4 nitrogen and oxygen atoms in total. The van der Waals surface area contributed by atoms with E-state index < -0.39 is 0 Å². The Balaban J connectivity index is 2.61. The molecule has 0 radical (unpaired) electrons. The number of hydrogen-bond acceptors (Lipinski definition) is 4. The Bertz CT molecular complexity index is 364. The van der Waals surface area contributed by atoms with Gasteiger partial charge in [0, 0.05) is 12.7 Å². The molecule has 0 amide bonds. The van der Waals surface area contributed by atoms with Crippen molar-refractivity contribution < 1.29 is 0 Å². The van der Waals surface area contributed by atoms with Crippen LogP contribution in [0.15, 0.2) is 18.3 Å². The Labute approximate surface area is 123 Å². The summed E-state index contributed by atoms with van der Waals surface area (Å²) in [5, 5.41) is 0. The van der Waals surface area contributed by atoms with Gasteiger partial charge in [0.1, 0.15) is 0 Å². The van der Waals surface area contributed by atoms with Gasteiger partial charge in [-0.1, -0.05) is 27.7 Å². The topological polar surface area (TPSA) is 54.2 Å². The number of hydrogen-bond donors (Lipinski definition) is 2. The Kier molecular flexibility index (Phi) is 7.55. The van der Waals surface area contributed by atoms with Crippen molar-refractivity contribution in [3.05, 3.63) is 24.0 Å². The van der Waals surface area contributed by atoms with Crippen LogP contribution in [0.25, 0.3) is 0 Å². The van der Waals surface area contributed by atoms with E-state index in [0.29, 0.717) is 0 Å². The zero-order valence-electron chi connectivity index (χ0n) is 13.4. The van der Waals surface area contributed by atoms with Gasteiger partial charge in [-0.25, -0.2) is 0 Å². The molecule has 0 aromatic carbocycles. The first kappa shape index (κ1) is 16.9. The van der Waals surface area contributed by atoms with Crippen LogP contribution in [-0.2, 0) is 6.54 Å². The lowest BCUT2D eigenvalue weighted by molar-refractivity contribution is 0.233. The Morgan fingerprint density at radius 1 is 1.15 bits per heavy atom. The van der Waals surface area contributed by atoms with E-state index >= 15 is 0 Å². The minimum Gasteiger partial charge on any atom is -0.324 e. The van der Waals surface area contributed by atoms with Crippen molar-refractivity contribution in [2.24, 2.45) is 17.7 Å². The first-order valence-electron chi connectivity index (χ1n) is 7.65. The third-order valence-electron chi connectivity index (χ3n) is 3.41. The number of nitrogens with two attached hydrogens (primary N) is 1. The Hall–Kier alpha value is -1.13.